The molecule has 2 aliphatic rings. The topological polar surface area (TPSA) is 220 Å². The zero-order valence-electron chi connectivity index (χ0n) is 29.6. The summed E-state index contributed by atoms with van der Waals surface area (Å²) in [7, 11) is 0. The number of carboxylic acid groups (broad SMARTS) is 2. The number of rotatable bonds is 15. The highest BCUT2D eigenvalue weighted by Crippen LogP contribution is 2.33. The van der Waals surface area contributed by atoms with E-state index in [-0.39, 0.29) is 38.1 Å². The molecule has 52 heavy (non-hydrogen) atoms. The number of amides is 5. The van der Waals surface area contributed by atoms with Gasteiger partial charge in [-0.15, -0.1) is 0 Å². The van der Waals surface area contributed by atoms with E-state index in [1.165, 1.54) is 16.7 Å². The first-order valence-corrected chi connectivity index (χ1v) is 17.2. The van der Waals surface area contributed by atoms with Crippen LogP contribution in [0, 0.1) is 12.8 Å². The van der Waals surface area contributed by atoms with Crippen molar-refractivity contribution in [3.63, 3.8) is 0 Å². The third-order valence-corrected chi connectivity index (χ3v) is 9.31. The zero-order valence-corrected chi connectivity index (χ0v) is 29.6. The summed E-state index contributed by atoms with van der Waals surface area (Å²) in [6, 6.07) is 6.36. The maximum absolute atomic E-state index is 14.4. The fraction of sp³-hybridized carbons (Fsp3) is 0.459. The van der Waals surface area contributed by atoms with Crippen LogP contribution in [0.4, 0.5) is 5.69 Å². The minimum atomic E-state index is -1.35. The van der Waals surface area contributed by atoms with Gasteiger partial charge in [-0.2, -0.15) is 0 Å². The molecule has 0 aliphatic carbocycles. The molecule has 0 saturated carbocycles. The van der Waals surface area contributed by atoms with E-state index in [9.17, 15) is 48.6 Å². The van der Waals surface area contributed by atoms with E-state index in [0.717, 1.165) is 16.7 Å². The van der Waals surface area contributed by atoms with Crippen molar-refractivity contribution < 1.29 is 48.6 Å². The van der Waals surface area contributed by atoms with E-state index in [0.29, 0.717) is 24.0 Å². The van der Waals surface area contributed by atoms with Crippen LogP contribution < -0.4 is 20.9 Å². The Hall–Kier alpha value is -5.60. The number of nitrogens with zero attached hydrogens (tertiary/aromatic N) is 2. The van der Waals surface area contributed by atoms with Crippen LogP contribution in [0.2, 0.25) is 0 Å². The molecule has 0 aromatic heterocycles. The Morgan fingerprint density at radius 1 is 0.923 bits per heavy atom. The summed E-state index contributed by atoms with van der Waals surface area (Å²) in [6.45, 7) is 6.65. The molecule has 0 bridgehead atoms. The largest absolute Gasteiger partial charge is 0.481 e. The van der Waals surface area contributed by atoms with Crippen LogP contribution in [-0.4, -0.2) is 93.6 Å². The number of para-hydroxylation sites is 1. The summed E-state index contributed by atoms with van der Waals surface area (Å²) < 4.78 is 0. The predicted octanol–water partition coefficient (Wildman–Crippen LogP) is 1.44. The summed E-state index contributed by atoms with van der Waals surface area (Å²) in [5, 5.41) is 26.3. The van der Waals surface area contributed by atoms with Gasteiger partial charge in [-0.1, -0.05) is 55.8 Å². The first kappa shape index (κ1) is 39.2. The van der Waals surface area contributed by atoms with Crippen molar-refractivity contribution in [2.24, 2.45) is 5.92 Å². The van der Waals surface area contributed by atoms with Crippen LogP contribution in [0.15, 0.2) is 42.5 Å². The molecule has 0 saturated heterocycles. The molecule has 2 heterocycles. The van der Waals surface area contributed by atoms with E-state index in [2.05, 4.69) is 16.0 Å². The number of aryl methyl sites for hydroxylation is 1. The van der Waals surface area contributed by atoms with E-state index in [1.807, 2.05) is 13.0 Å². The molecule has 4 unspecified atom stereocenters. The van der Waals surface area contributed by atoms with Crippen molar-refractivity contribution in [2.75, 3.05) is 11.4 Å². The molecule has 2 aliphatic heterocycles. The fourth-order valence-corrected chi connectivity index (χ4v) is 6.78. The molecule has 278 valence electrons. The van der Waals surface area contributed by atoms with Crippen molar-refractivity contribution in [3.8, 4) is 0 Å². The number of fused-ring (bicyclic) bond motifs is 2. The Balaban J connectivity index is 1.60. The third kappa shape index (κ3) is 9.19. The van der Waals surface area contributed by atoms with Crippen LogP contribution in [0.3, 0.4) is 0 Å². The van der Waals surface area contributed by atoms with Crippen LogP contribution >= 0.6 is 0 Å². The standard InChI is InChI=1S/C37H45N5O10/c1-20(2)32(37(52)41-15-14-23-16-21(3)12-13-26(23)33(41)36(51)38-25(19-43)18-31(47)48)40-34(49)27(9-7-11-30(45)46)39-35(50)29-17-24-8-5-6-10-28(24)42(29)22(4)44/h5-6,8,10,12-13,16,19-20,25,27,29,32-33H,7,9,11,14-15,17-18H2,1-4H3,(H,38,51)(H,39,50)(H,40,49)(H,45,46)(H,47,48)/t25?,27?,29?,32?,33-/m0/s1. The highest BCUT2D eigenvalue weighted by Gasteiger charge is 2.42. The molecule has 15 nitrogen and oxygen atoms in total. The van der Waals surface area contributed by atoms with Crippen LogP contribution in [-0.2, 0) is 51.2 Å². The lowest BCUT2D eigenvalue weighted by atomic mass is 9.89. The molecule has 0 spiro atoms. The summed E-state index contributed by atoms with van der Waals surface area (Å²) in [4.78, 5) is 105. The number of carboxylic acids is 2. The summed E-state index contributed by atoms with van der Waals surface area (Å²) >= 11 is 0. The molecule has 5 amide bonds. The number of hydrogen-bond acceptors (Lipinski definition) is 8. The Morgan fingerprint density at radius 3 is 2.27 bits per heavy atom. The molecular weight excluding hydrogens is 674 g/mol. The van der Waals surface area contributed by atoms with Gasteiger partial charge in [0.1, 0.15) is 30.5 Å². The number of anilines is 1. The Kier molecular flexibility index (Phi) is 12.9. The number of carbonyl (C=O) groups is 8. The lowest BCUT2D eigenvalue weighted by molar-refractivity contribution is -0.146. The van der Waals surface area contributed by atoms with Crippen molar-refractivity contribution >= 4 is 53.4 Å². The van der Waals surface area contributed by atoms with Gasteiger partial charge in [0.25, 0.3) is 0 Å². The molecule has 5 atom stereocenters. The molecule has 2 aromatic rings. The van der Waals surface area contributed by atoms with Gasteiger partial charge in [-0.3, -0.25) is 38.5 Å². The number of nitrogens with one attached hydrogen (secondary N) is 3. The highest BCUT2D eigenvalue weighted by molar-refractivity contribution is 6.03. The third-order valence-electron chi connectivity index (χ3n) is 9.31. The maximum atomic E-state index is 14.4. The Morgan fingerprint density at radius 2 is 1.63 bits per heavy atom. The zero-order chi connectivity index (χ0) is 38.3. The van der Waals surface area contributed by atoms with Crippen molar-refractivity contribution in [1.82, 2.24) is 20.9 Å². The average molecular weight is 720 g/mol. The Labute approximate surface area is 301 Å². The molecule has 4 rings (SSSR count). The predicted molar refractivity (Wildman–Crippen MR) is 187 cm³/mol. The van der Waals surface area contributed by atoms with Crippen LogP contribution in [0.1, 0.15) is 74.8 Å². The minimum absolute atomic E-state index is 0.0219. The van der Waals surface area contributed by atoms with E-state index in [4.69, 9.17) is 0 Å². The maximum Gasteiger partial charge on any atom is 0.305 e. The fourth-order valence-electron chi connectivity index (χ4n) is 6.78. The van der Waals surface area contributed by atoms with Crippen molar-refractivity contribution in [2.45, 2.75) is 96.4 Å². The van der Waals surface area contributed by atoms with Gasteiger partial charge < -0.3 is 35.9 Å². The first-order chi connectivity index (χ1) is 24.6. The monoisotopic (exact) mass is 719 g/mol. The minimum Gasteiger partial charge on any atom is -0.481 e. The summed E-state index contributed by atoms with van der Waals surface area (Å²) in [5.41, 5.74) is 3.56. The second-order valence-corrected chi connectivity index (χ2v) is 13.6. The number of aldehydes is 1. The van der Waals surface area contributed by atoms with E-state index in [1.54, 1.807) is 50.2 Å². The molecule has 0 fully saturated rings. The van der Waals surface area contributed by atoms with E-state index >= 15 is 0 Å². The first-order valence-electron chi connectivity index (χ1n) is 17.2. The van der Waals surface area contributed by atoms with Gasteiger partial charge in [0.15, 0.2) is 0 Å². The lowest BCUT2D eigenvalue weighted by Gasteiger charge is -2.39. The normalized spacial score (nSPS) is 17.9. The number of aliphatic carboxylic acids is 2. The van der Waals surface area contributed by atoms with Gasteiger partial charge in [-0.05, 0) is 54.9 Å². The summed E-state index contributed by atoms with van der Waals surface area (Å²) in [5.74, 6) is -6.07. The van der Waals surface area contributed by atoms with Crippen LogP contribution in [0.25, 0.3) is 0 Å². The number of benzene rings is 2. The summed E-state index contributed by atoms with van der Waals surface area (Å²) in [6.07, 6.45) is -0.111. The average Bonchev–Trinajstić information content (AvgIpc) is 3.48. The van der Waals surface area contributed by atoms with Gasteiger partial charge in [-0.25, -0.2) is 0 Å². The SMILES string of the molecule is CC(=O)N1c2ccccc2CC1C(=O)NC(CCCC(=O)O)C(=O)NC(C(=O)N1CCc2cc(C)ccc2[C@H]1C(=O)NC(C=O)CC(=O)O)C(C)C. The number of hydrogen-bond donors (Lipinski definition) is 5. The molecule has 2 aromatic carbocycles. The second-order valence-electron chi connectivity index (χ2n) is 13.6. The van der Waals surface area contributed by atoms with Crippen LogP contribution in [0.5, 0.6) is 0 Å². The molecule has 0 radical (unpaired) electrons. The second kappa shape index (κ2) is 17.1. The highest BCUT2D eigenvalue weighted by atomic mass is 16.4. The van der Waals surface area contributed by atoms with Crippen molar-refractivity contribution in [3.05, 3.63) is 64.7 Å². The van der Waals surface area contributed by atoms with Crippen molar-refractivity contribution in [1.29, 1.82) is 0 Å². The van der Waals surface area contributed by atoms with Gasteiger partial charge in [0.05, 0.1) is 12.5 Å². The van der Waals surface area contributed by atoms with Gasteiger partial charge in [0.2, 0.25) is 29.5 Å². The quantitative estimate of drug-likeness (QED) is 0.167. The van der Waals surface area contributed by atoms with Gasteiger partial charge >= 0.3 is 11.9 Å². The van der Waals surface area contributed by atoms with Gasteiger partial charge in [0, 0.05) is 32.0 Å². The molecular formula is C37H45N5O10. The molecule has 15 heteroatoms. The number of carbonyl (C=O) groups excluding carboxylic acids is 6. The van der Waals surface area contributed by atoms with E-state index < -0.39 is 78.1 Å². The molecule has 5 N–H and O–H groups in total. The Bertz CT molecular complexity index is 1740. The lowest BCUT2D eigenvalue weighted by Crippen LogP contribution is -2.60. The smallest absolute Gasteiger partial charge is 0.305 e.